The average molecular weight is 371 g/mol. The minimum atomic E-state index is -4.55. The van der Waals surface area contributed by atoms with Gasteiger partial charge in [-0.15, -0.1) is 0 Å². The SMILES string of the molecule is C=C(CCC#N)NC(=O)c1cc(C(F)(F)F)ccc1NSC(C)(C)C. The summed E-state index contributed by atoms with van der Waals surface area (Å²) in [7, 11) is 0. The van der Waals surface area contributed by atoms with Crippen LogP contribution in [0, 0.1) is 11.3 Å². The zero-order chi connectivity index (χ0) is 19.3. The van der Waals surface area contributed by atoms with Crippen molar-refractivity contribution in [3.8, 4) is 6.07 Å². The topological polar surface area (TPSA) is 64.9 Å². The molecule has 136 valence electrons. The summed E-state index contributed by atoms with van der Waals surface area (Å²) in [5.74, 6) is -0.703. The number of hydrogen-bond acceptors (Lipinski definition) is 4. The van der Waals surface area contributed by atoms with Crippen LogP contribution in [-0.4, -0.2) is 10.7 Å². The Morgan fingerprint density at radius 3 is 2.48 bits per heavy atom. The predicted molar refractivity (Wildman–Crippen MR) is 93.9 cm³/mol. The van der Waals surface area contributed by atoms with Crippen LogP contribution in [0.4, 0.5) is 18.9 Å². The van der Waals surface area contributed by atoms with E-state index in [1.54, 1.807) is 0 Å². The molecule has 4 nitrogen and oxygen atoms in total. The number of anilines is 1. The van der Waals surface area contributed by atoms with Crippen LogP contribution in [-0.2, 0) is 6.18 Å². The normalized spacial score (nSPS) is 11.6. The summed E-state index contributed by atoms with van der Waals surface area (Å²) in [4.78, 5) is 12.4. The van der Waals surface area contributed by atoms with Crippen LogP contribution in [0.2, 0.25) is 0 Å². The zero-order valence-electron chi connectivity index (χ0n) is 14.3. The van der Waals surface area contributed by atoms with Gasteiger partial charge in [-0.1, -0.05) is 6.58 Å². The van der Waals surface area contributed by atoms with Crippen molar-refractivity contribution in [3.63, 3.8) is 0 Å². The number of carbonyl (C=O) groups excluding carboxylic acids is 1. The summed E-state index contributed by atoms with van der Waals surface area (Å²) in [5.41, 5.74) is -0.492. The summed E-state index contributed by atoms with van der Waals surface area (Å²) in [6, 6.07) is 4.87. The van der Waals surface area contributed by atoms with E-state index in [4.69, 9.17) is 5.26 Å². The van der Waals surface area contributed by atoms with E-state index in [1.165, 1.54) is 18.0 Å². The van der Waals surface area contributed by atoms with Gasteiger partial charge in [0, 0.05) is 16.9 Å². The molecular formula is C17H20F3N3OS. The summed E-state index contributed by atoms with van der Waals surface area (Å²) in [5, 5.41) is 11.0. The van der Waals surface area contributed by atoms with Gasteiger partial charge in [-0.05, 0) is 57.3 Å². The van der Waals surface area contributed by atoms with Gasteiger partial charge in [-0.25, -0.2) is 0 Å². The second-order valence-corrected chi connectivity index (χ2v) is 7.92. The predicted octanol–water partition coefficient (Wildman–Crippen LogP) is 5.11. The fourth-order valence-corrected chi connectivity index (χ4v) is 2.30. The van der Waals surface area contributed by atoms with Gasteiger partial charge < -0.3 is 10.0 Å². The lowest BCUT2D eigenvalue weighted by Gasteiger charge is -2.20. The number of nitrogens with one attached hydrogen (secondary N) is 2. The van der Waals surface area contributed by atoms with E-state index in [1.807, 2.05) is 26.8 Å². The molecule has 0 heterocycles. The van der Waals surface area contributed by atoms with Crippen LogP contribution in [0.25, 0.3) is 0 Å². The van der Waals surface area contributed by atoms with Crippen molar-refractivity contribution in [2.45, 2.75) is 44.5 Å². The highest BCUT2D eigenvalue weighted by Gasteiger charge is 2.32. The van der Waals surface area contributed by atoms with Gasteiger partial charge in [0.2, 0.25) is 0 Å². The van der Waals surface area contributed by atoms with Gasteiger partial charge in [-0.3, -0.25) is 4.79 Å². The highest BCUT2D eigenvalue weighted by atomic mass is 32.2. The second-order valence-electron chi connectivity index (χ2n) is 6.29. The number of amides is 1. The van der Waals surface area contributed by atoms with Crippen LogP contribution in [0.3, 0.4) is 0 Å². The van der Waals surface area contributed by atoms with Gasteiger partial charge >= 0.3 is 6.18 Å². The lowest BCUT2D eigenvalue weighted by atomic mass is 10.1. The molecule has 0 bridgehead atoms. The maximum Gasteiger partial charge on any atom is 0.416 e. The van der Waals surface area contributed by atoms with E-state index in [9.17, 15) is 18.0 Å². The van der Waals surface area contributed by atoms with E-state index < -0.39 is 17.6 Å². The fourth-order valence-electron chi connectivity index (χ4n) is 1.70. The van der Waals surface area contributed by atoms with Gasteiger partial charge in [0.25, 0.3) is 5.91 Å². The third-order valence-corrected chi connectivity index (χ3v) is 3.82. The van der Waals surface area contributed by atoms with Crippen molar-refractivity contribution in [1.82, 2.24) is 5.32 Å². The highest BCUT2D eigenvalue weighted by molar-refractivity contribution is 8.01. The minimum absolute atomic E-state index is 0.135. The van der Waals surface area contributed by atoms with E-state index in [2.05, 4.69) is 16.6 Å². The third-order valence-electron chi connectivity index (χ3n) is 2.89. The molecule has 0 radical (unpaired) electrons. The molecule has 0 fully saturated rings. The van der Waals surface area contributed by atoms with E-state index in [0.29, 0.717) is 0 Å². The van der Waals surface area contributed by atoms with Crippen LogP contribution >= 0.6 is 11.9 Å². The quantitative estimate of drug-likeness (QED) is 0.682. The van der Waals surface area contributed by atoms with E-state index in [-0.39, 0.29) is 34.5 Å². The molecule has 25 heavy (non-hydrogen) atoms. The Morgan fingerprint density at radius 2 is 1.96 bits per heavy atom. The van der Waals surface area contributed by atoms with Gasteiger partial charge in [-0.2, -0.15) is 18.4 Å². The molecule has 0 saturated heterocycles. The maximum absolute atomic E-state index is 13.0. The minimum Gasteiger partial charge on any atom is -0.329 e. The monoisotopic (exact) mass is 371 g/mol. The Kier molecular flexibility index (Phi) is 6.94. The molecule has 0 spiro atoms. The molecule has 8 heteroatoms. The Morgan fingerprint density at radius 1 is 1.32 bits per heavy atom. The second kappa shape index (κ2) is 8.30. The summed E-state index contributed by atoms with van der Waals surface area (Å²) in [6.45, 7) is 9.40. The number of carbonyl (C=O) groups is 1. The Balaban J connectivity index is 3.11. The van der Waals surface area contributed by atoms with Crippen LogP contribution < -0.4 is 10.0 Å². The lowest BCUT2D eigenvalue weighted by molar-refractivity contribution is -0.137. The van der Waals surface area contributed by atoms with Crippen LogP contribution in [0.15, 0.2) is 30.5 Å². The van der Waals surface area contributed by atoms with Gasteiger partial charge in [0.05, 0.1) is 22.9 Å². The van der Waals surface area contributed by atoms with Crippen molar-refractivity contribution in [1.29, 1.82) is 5.26 Å². The number of hydrogen-bond donors (Lipinski definition) is 2. The van der Waals surface area contributed by atoms with Gasteiger partial charge in [0.1, 0.15) is 0 Å². The number of allylic oxidation sites excluding steroid dienone is 1. The number of alkyl halides is 3. The number of rotatable bonds is 6. The number of nitriles is 1. The first-order valence-corrected chi connectivity index (χ1v) is 8.27. The summed E-state index contributed by atoms with van der Waals surface area (Å²) < 4.78 is 41.6. The molecule has 0 aliphatic rings. The number of halogens is 3. The Labute approximate surface area is 149 Å². The maximum atomic E-state index is 13.0. The smallest absolute Gasteiger partial charge is 0.329 e. The molecule has 1 rings (SSSR count). The molecule has 1 amide bonds. The van der Waals surface area contributed by atoms with Gasteiger partial charge in [0.15, 0.2) is 0 Å². The van der Waals surface area contributed by atoms with Crippen molar-refractivity contribution >= 4 is 23.5 Å². The summed E-state index contributed by atoms with van der Waals surface area (Å²) in [6.07, 6.45) is -4.16. The van der Waals surface area contributed by atoms with Crippen LogP contribution in [0.5, 0.6) is 0 Å². The first-order valence-electron chi connectivity index (χ1n) is 7.45. The summed E-state index contributed by atoms with van der Waals surface area (Å²) >= 11 is 1.29. The van der Waals surface area contributed by atoms with Crippen LogP contribution in [0.1, 0.15) is 49.5 Å². The largest absolute Gasteiger partial charge is 0.416 e. The van der Waals surface area contributed by atoms with E-state index >= 15 is 0 Å². The highest BCUT2D eigenvalue weighted by Crippen LogP contribution is 2.34. The third kappa shape index (κ3) is 7.10. The average Bonchev–Trinajstić information content (AvgIpc) is 2.49. The molecule has 2 N–H and O–H groups in total. The Bertz CT molecular complexity index is 688. The Hall–Kier alpha value is -2.14. The number of nitrogens with zero attached hydrogens (tertiary/aromatic N) is 1. The molecule has 0 aromatic heterocycles. The molecule has 1 aromatic carbocycles. The first-order chi connectivity index (χ1) is 11.4. The zero-order valence-corrected chi connectivity index (χ0v) is 15.1. The van der Waals surface area contributed by atoms with Crippen molar-refractivity contribution in [2.75, 3.05) is 4.72 Å². The van der Waals surface area contributed by atoms with Crippen molar-refractivity contribution < 1.29 is 18.0 Å². The molecular weight excluding hydrogens is 351 g/mol. The fraction of sp³-hybridized carbons (Fsp3) is 0.412. The molecule has 0 aliphatic carbocycles. The van der Waals surface area contributed by atoms with E-state index in [0.717, 1.165) is 12.1 Å². The standard InChI is InChI=1S/C17H20F3N3OS/c1-11(6-5-9-21)22-15(24)13-10-12(17(18,19)20)7-8-14(13)23-25-16(2,3)4/h7-8,10,23H,1,5-6H2,2-4H3,(H,22,24). The molecule has 0 saturated carbocycles. The molecule has 0 aliphatic heterocycles. The van der Waals surface area contributed by atoms with Crippen molar-refractivity contribution in [3.05, 3.63) is 41.6 Å². The lowest BCUT2D eigenvalue weighted by Crippen LogP contribution is -2.24. The molecule has 0 atom stereocenters. The molecule has 1 aromatic rings. The first kappa shape index (κ1) is 20.9. The van der Waals surface area contributed by atoms with Crippen molar-refractivity contribution in [2.24, 2.45) is 0 Å². The number of benzene rings is 1. The molecule has 0 unspecified atom stereocenters.